The lowest BCUT2D eigenvalue weighted by molar-refractivity contribution is -0.121. The Bertz CT molecular complexity index is 1000. The van der Waals surface area contributed by atoms with Crippen LogP contribution in [0.3, 0.4) is 0 Å². The summed E-state index contributed by atoms with van der Waals surface area (Å²) in [6.07, 6.45) is 5.54. The molecule has 3 amide bonds. The van der Waals surface area contributed by atoms with Gasteiger partial charge in [0, 0.05) is 23.3 Å². The van der Waals surface area contributed by atoms with Gasteiger partial charge in [0.05, 0.1) is 11.3 Å². The number of amides is 3. The second-order valence-electron chi connectivity index (χ2n) is 7.01. The molecule has 142 valence electrons. The van der Waals surface area contributed by atoms with Crippen LogP contribution in [0.1, 0.15) is 58.5 Å². The van der Waals surface area contributed by atoms with Crippen molar-refractivity contribution in [2.24, 2.45) is 0 Å². The number of thiophene rings is 1. The number of nitriles is 1. The predicted octanol–water partition coefficient (Wildman–Crippen LogP) is 3.79. The van der Waals surface area contributed by atoms with Gasteiger partial charge in [-0.2, -0.15) is 5.26 Å². The smallest absolute Gasteiger partial charge is 0.256 e. The van der Waals surface area contributed by atoms with Crippen molar-refractivity contribution >= 4 is 39.7 Å². The Labute approximate surface area is 166 Å². The van der Waals surface area contributed by atoms with Crippen molar-refractivity contribution in [2.75, 3.05) is 10.2 Å². The molecule has 1 N–H and O–H groups in total. The molecule has 2 heterocycles. The van der Waals surface area contributed by atoms with Crippen LogP contribution < -0.4 is 10.2 Å². The van der Waals surface area contributed by atoms with Gasteiger partial charge >= 0.3 is 0 Å². The minimum Gasteiger partial charge on any atom is -0.312 e. The number of nitrogens with one attached hydrogen (secondary N) is 1. The van der Waals surface area contributed by atoms with E-state index in [9.17, 15) is 19.6 Å². The third-order valence-corrected chi connectivity index (χ3v) is 6.39. The molecule has 1 fully saturated rings. The van der Waals surface area contributed by atoms with Gasteiger partial charge in [-0.1, -0.05) is 12.5 Å². The number of imide groups is 1. The molecule has 1 aromatic carbocycles. The standard InChI is InChI=1S/C21H19N3O3S/c22-12-16-15-7-2-1-3-8-17(15)28-21(16)23-20(27)13-5-4-6-14(11-13)24-18(25)9-10-19(24)26/h4-6,11H,1-3,7-10H2,(H,23,27). The fraction of sp³-hybridized carbons (Fsp3) is 0.333. The van der Waals surface area contributed by atoms with Crippen LogP contribution >= 0.6 is 11.3 Å². The number of anilines is 2. The van der Waals surface area contributed by atoms with Crippen molar-refractivity contribution < 1.29 is 14.4 Å². The number of nitrogens with zero attached hydrogens (tertiary/aromatic N) is 2. The van der Waals surface area contributed by atoms with Gasteiger partial charge in [0.25, 0.3) is 5.91 Å². The van der Waals surface area contributed by atoms with Gasteiger partial charge in [-0.3, -0.25) is 19.3 Å². The van der Waals surface area contributed by atoms with E-state index in [0.717, 1.165) is 42.6 Å². The molecule has 2 aromatic rings. The first-order valence-corrected chi connectivity index (χ1v) is 10.2. The molecule has 1 aromatic heterocycles. The number of hydrogen-bond donors (Lipinski definition) is 1. The molecular weight excluding hydrogens is 374 g/mol. The van der Waals surface area contributed by atoms with E-state index in [-0.39, 0.29) is 30.6 Å². The van der Waals surface area contributed by atoms with Crippen LogP contribution in [0.25, 0.3) is 0 Å². The highest BCUT2D eigenvalue weighted by Gasteiger charge is 2.30. The quantitative estimate of drug-likeness (QED) is 0.634. The minimum atomic E-state index is -0.353. The molecule has 0 radical (unpaired) electrons. The lowest BCUT2D eigenvalue weighted by Gasteiger charge is -2.14. The van der Waals surface area contributed by atoms with E-state index in [4.69, 9.17) is 0 Å². The third kappa shape index (κ3) is 3.32. The lowest BCUT2D eigenvalue weighted by atomic mass is 10.1. The molecule has 4 rings (SSSR count). The number of hydrogen-bond acceptors (Lipinski definition) is 5. The number of aryl methyl sites for hydroxylation is 1. The van der Waals surface area contributed by atoms with Crippen molar-refractivity contribution in [1.82, 2.24) is 0 Å². The zero-order chi connectivity index (χ0) is 19.7. The molecule has 6 nitrogen and oxygen atoms in total. The molecule has 0 saturated carbocycles. The molecule has 1 saturated heterocycles. The molecule has 0 atom stereocenters. The zero-order valence-corrected chi connectivity index (χ0v) is 16.1. The van der Waals surface area contributed by atoms with E-state index < -0.39 is 0 Å². The van der Waals surface area contributed by atoms with Gasteiger partial charge < -0.3 is 5.32 Å². The number of carbonyl (C=O) groups is 3. The average molecular weight is 393 g/mol. The number of fused-ring (bicyclic) bond motifs is 1. The first kappa shape index (κ1) is 18.4. The largest absolute Gasteiger partial charge is 0.312 e. The van der Waals surface area contributed by atoms with Gasteiger partial charge in [-0.25, -0.2) is 0 Å². The van der Waals surface area contributed by atoms with Gasteiger partial charge in [-0.05, 0) is 49.4 Å². The van der Waals surface area contributed by atoms with Crippen LogP contribution in [0.2, 0.25) is 0 Å². The fourth-order valence-corrected chi connectivity index (χ4v) is 5.01. The van der Waals surface area contributed by atoms with Crippen LogP contribution in [0.15, 0.2) is 24.3 Å². The number of rotatable bonds is 3. The van der Waals surface area contributed by atoms with Crippen LogP contribution in [-0.4, -0.2) is 17.7 Å². The summed E-state index contributed by atoms with van der Waals surface area (Å²) in [5, 5.41) is 13.1. The van der Waals surface area contributed by atoms with E-state index in [1.165, 1.54) is 16.2 Å². The summed E-state index contributed by atoms with van der Waals surface area (Å²) in [4.78, 5) is 39.0. The Balaban J connectivity index is 1.60. The number of benzene rings is 1. The van der Waals surface area contributed by atoms with Crippen molar-refractivity contribution in [2.45, 2.75) is 44.9 Å². The summed E-state index contributed by atoms with van der Waals surface area (Å²) in [5.74, 6) is -0.860. The topological polar surface area (TPSA) is 90.3 Å². The fourth-order valence-electron chi connectivity index (χ4n) is 3.78. The second-order valence-corrected chi connectivity index (χ2v) is 8.11. The van der Waals surface area contributed by atoms with Gasteiger partial charge in [0.1, 0.15) is 11.1 Å². The van der Waals surface area contributed by atoms with E-state index in [1.54, 1.807) is 24.3 Å². The van der Waals surface area contributed by atoms with Crippen LogP contribution in [0, 0.1) is 11.3 Å². The molecule has 1 aliphatic heterocycles. The SMILES string of the molecule is N#Cc1c(NC(=O)c2cccc(N3C(=O)CCC3=O)c2)sc2c1CCCCC2. The van der Waals surface area contributed by atoms with Crippen molar-refractivity contribution in [3.63, 3.8) is 0 Å². The molecule has 2 aliphatic rings. The van der Waals surface area contributed by atoms with Gasteiger partial charge in [0.15, 0.2) is 0 Å². The molecule has 28 heavy (non-hydrogen) atoms. The average Bonchev–Trinajstić information content (AvgIpc) is 3.10. The van der Waals surface area contributed by atoms with Crippen molar-refractivity contribution in [3.8, 4) is 6.07 Å². The second kappa shape index (κ2) is 7.56. The van der Waals surface area contributed by atoms with Crippen LogP contribution in [0.4, 0.5) is 10.7 Å². The maximum absolute atomic E-state index is 12.8. The Kier molecular flexibility index (Phi) is 4.97. The molecule has 0 spiro atoms. The third-order valence-electron chi connectivity index (χ3n) is 5.18. The highest BCUT2D eigenvalue weighted by atomic mass is 32.1. The van der Waals surface area contributed by atoms with Crippen molar-refractivity contribution in [1.29, 1.82) is 5.26 Å². The Morgan fingerprint density at radius 3 is 2.57 bits per heavy atom. The van der Waals surface area contributed by atoms with Crippen LogP contribution in [0.5, 0.6) is 0 Å². The maximum Gasteiger partial charge on any atom is 0.256 e. The maximum atomic E-state index is 12.8. The van der Waals surface area contributed by atoms with E-state index in [0.29, 0.717) is 21.8 Å². The minimum absolute atomic E-state index is 0.196. The number of carbonyl (C=O) groups excluding carboxylic acids is 3. The molecular formula is C21H19N3O3S. The molecule has 0 bridgehead atoms. The zero-order valence-electron chi connectivity index (χ0n) is 15.3. The molecule has 1 aliphatic carbocycles. The monoisotopic (exact) mass is 393 g/mol. The predicted molar refractivity (Wildman–Crippen MR) is 106 cm³/mol. The Morgan fingerprint density at radius 2 is 1.82 bits per heavy atom. The highest BCUT2D eigenvalue weighted by molar-refractivity contribution is 7.16. The Morgan fingerprint density at radius 1 is 1.07 bits per heavy atom. The summed E-state index contributed by atoms with van der Waals surface area (Å²) in [6, 6.07) is 8.73. The summed E-state index contributed by atoms with van der Waals surface area (Å²) >= 11 is 1.48. The van der Waals surface area contributed by atoms with Gasteiger partial charge in [-0.15, -0.1) is 11.3 Å². The summed E-state index contributed by atoms with van der Waals surface area (Å²) in [5.41, 5.74) is 2.39. The first-order valence-electron chi connectivity index (χ1n) is 9.40. The molecule has 7 heteroatoms. The lowest BCUT2D eigenvalue weighted by Crippen LogP contribution is -2.28. The summed E-state index contributed by atoms with van der Waals surface area (Å²) < 4.78 is 0. The molecule has 0 unspecified atom stereocenters. The van der Waals surface area contributed by atoms with Crippen LogP contribution in [-0.2, 0) is 22.4 Å². The van der Waals surface area contributed by atoms with E-state index in [1.807, 2.05) is 0 Å². The van der Waals surface area contributed by atoms with Gasteiger partial charge in [0.2, 0.25) is 11.8 Å². The Hall–Kier alpha value is -2.98. The highest BCUT2D eigenvalue weighted by Crippen LogP contribution is 2.37. The normalized spacial score (nSPS) is 16.5. The van der Waals surface area contributed by atoms with E-state index >= 15 is 0 Å². The summed E-state index contributed by atoms with van der Waals surface area (Å²) in [7, 11) is 0. The van der Waals surface area contributed by atoms with Crippen molar-refractivity contribution in [3.05, 3.63) is 45.8 Å². The summed E-state index contributed by atoms with van der Waals surface area (Å²) in [6.45, 7) is 0. The first-order chi connectivity index (χ1) is 13.6. The van der Waals surface area contributed by atoms with E-state index in [2.05, 4.69) is 11.4 Å².